The number of aryl methyl sites for hydroxylation is 1. The Labute approximate surface area is 168 Å². The average Bonchev–Trinajstić information content (AvgIpc) is 2.96. The third kappa shape index (κ3) is 3.64. The van der Waals surface area contributed by atoms with Crippen LogP contribution in [0.15, 0.2) is 42.5 Å². The van der Waals surface area contributed by atoms with Gasteiger partial charge in [0.05, 0.1) is 17.2 Å². The molecule has 0 bridgehead atoms. The van der Waals surface area contributed by atoms with Gasteiger partial charge < -0.3 is 0 Å². The first kappa shape index (κ1) is 19.2. The van der Waals surface area contributed by atoms with Crippen LogP contribution >= 0.6 is 0 Å². The molecule has 0 saturated carbocycles. The highest BCUT2D eigenvalue weighted by Crippen LogP contribution is 2.30. The van der Waals surface area contributed by atoms with Crippen molar-refractivity contribution in [2.24, 2.45) is 0 Å². The van der Waals surface area contributed by atoms with Crippen molar-refractivity contribution in [1.29, 1.82) is 0 Å². The second kappa shape index (κ2) is 7.73. The second-order valence-electron chi connectivity index (χ2n) is 7.46. The summed E-state index contributed by atoms with van der Waals surface area (Å²) in [6.07, 6.45) is 0. The first-order valence-corrected chi connectivity index (χ1v) is 9.58. The maximum absolute atomic E-state index is 12.7. The summed E-state index contributed by atoms with van der Waals surface area (Å²) in [5.74, 6) is -1.05. The molecule has 0 aliphatic carbocycles. The number of carbonyl (C=O) groups is 2. The number of nitro groups is 1. The van der Waals surface area contributed by atoms with E-state index in [0.29, 0.717) is 0 Å². The predicted octanol–water partition coefficient (Wildman–Crippen LogP) is 2.27. The molecule has 8 nitrogen and oxygen atoms in total. The van der Waals surface area contributed by atoms with Crippen molar-refractivity contribution in [2.45, 2.75) is 13.5 Å². The highest BCUT2D eigenvalue weighted by Gasteiger charge is 2.41. The molecule has 8 heteroatoms. The Bertz CT molecular complexity index is 982. The molecule has 2 aromatic rings. The molecule has 0 N–H and O–H groups in total. The van der Waals surface area contributed by atoms with Gasteiger partial charge >= 0.3 is 0 Å². The molecule has 2 heterocycles. The lowest BCUT2D eigenvalue weighted by Crippen LogP contribution is -2.50. The summed E-state index contributed by atoms with van der Waals surface area (Å²) in [6, 6.07) is 12.5. The molecule has 4 rings (SSSR count). The molecule has 1 fully saturated rings. The Hall–Kier alpha value is -3.10. The molecule has 0 spiro atoms. The van der Waals surface area contributed by atoms with Gasteiger partial charge in [-0.15, -0.1) is 0 Å². The Morgan fingerprint density at radius 1 is 0.931 bits per heavy atom. The molecule has 0 aromatic heterocycles. The molecular formula is C21H22N4O4. The third-order valence-corrected chi connectivity index (χ3v) is 5.64. The lowest BCUT2D eigenvalue weighted by molar-refractivity contribution is -0.385. The van der Waals surface area contributed by atoms with Gasteiger partial charge in [-0.3, -0.25) is 34.4 Å². The van der Waals surface area contributed by atoms with Gasteiger partial charge in [-0.05, 0) is 24.1 Å². The second-order valence-corrected chi connectivity index (χ2v) is 7.46. The fraction of sp³-hybridized carbons (Fsp3) is 0.333. The summed E-state index contributed by atoms with van der Waals surface area (Å²) in [7, 11) is 0. The SMILES string of the molecule is Cc1ccccc1CN1CCN(CN2C(=O)c3cccc([N+](=O)[O-])c3C2=O)CC1. The van der Waals surface area contributed by atoms with Crippen LogP contribution in [0, 0.1) is 17.0 Å². The van der Waals surface area contributed by atoms with Crippen LogP contribution in [-0.2, 0) is 6.54 Å². The zero-order valence-electron chi connectivity index (χ0n) is 16.2. The molecule has 0 radical (unpaired) electrons. The molecule has 2 aromatic carbocycles. The van der Waals surface area contributed by atoms with Crippen LogP contribution in [0.1, 0.15) is 31.8 Å². The van der Waals surface area contributed by atoms with Gasteiger partial charge in [-0.2, -0.15) is 0 Å². The van der Waals surface area contributed by atoms with Gasteiger partial charge in [0, 0.05) is 38.8 Å². The van der Waals surface area contributed by atoms with Crippen LogP contribution < -0.4 is 0 Å². The number of nitrogens with zero attached hydrogens (tertiary/aromatic N) is 4. The van der Waals surface area contributed by atoms with E-state index in [2.05, 4.69) is 24.0 Å². The zero-order chi connectivity index (χ0) is 20.5. The minimum atomic E-state index is -0.613. The van der Waals surface area contributed by atoms with Crippen LogP contribution in [0.5, 0.6) is 0 Å². The maximum atomic E-state index is 12.7. The van der Waals surface area contributed by atoms with Crippen LogP contribution in [0.25, 0.3) is 0 Å². The first-order chi connectivity index (χ1) is 14.0. The van der Waals surface area contributed by atoms with Crippen LogP contribution in [-0.4, -0.2) is 64.3 Å². The highest BCUT2D eigenvalue weighted by molar-refractivity contribution is 6.23. The van der Waals surface area contributed by atoms with Crippen LogP contribution in [0.2, 0.25) is 0 Å². The summed E-state index contributed by atoms with van der Waals surface area (Å²) in [5, 5.41) is 11.2. The summed E-state index contributed by atoms with van der Waals surface area (Å²) in [6.45, 7) is 6.24. The van der Waals surface area contributed by atoms with E-state index in [0.717, 1.165) is 37.6 Å². The Kier molecular flexibility index (Phi) is 5.12. The fourth-order valence-electron chi connectivity index (χ4n) is 3.91. The number of benzene rings is 2. The van der Waals surface area contributed by atoms with Crippen molar-refractivity contribution in [2.75, 3.05) is 32.8 Å². The van der Waals surface area contributed by atoms with Gasteiger partial charge in [-0.1, -0.05) is 30.3 Å². The van der Waals surface area contributed by atoms with Crippen molar-refractivity contribution in [3.05, 3.63) is 74.8 Å². The highest BCUT2D eigenvalue weighted by atomic mass is 16.6. The Morgan fingerprint density at radius 2 is 1.62 bits per heavy atom. The average molecular weight is 394 g/mol. The molecule has 2 amide bonds. The van der Waals surface area contributed by atoms with Gasteiger partial charge in [-0.25, -0.2) is 0 Å². The lowest BCUT2D eigenvalue weighted by Gasteiger charge is -2.36. The van der Waals surface area contributed by atoms with Crippen LogP contribution in [0.4, 0.5) is 5.69 Å². The smallest absolute Gasteiger partial charge is 0.282 e. The van der Waals surface area contributed by atoms with E-state index in [-0.39, 0.29) is 23.5 Å². The molecule has 0 atom stereocenters. The predicted molar refractivity (Wildman–Crippen MR) is 106 cm³/mol. The summed E-state index contributed by atoms with van der Waals surface area (Å²) in [4.78, 5) is 41.5. The largest absolute Gasteiger partial charge is 0.297 e. The quantitative estimate of drug-likeness (QED) is 0.439. The van der Waals surface area contributed by atoms with Crippen molar-refractivity contribution < 1.29 is 14.5 Å². The molecule has 2 aliphatic heterocycles. The topological polar surface area (TPSA) is 87.0 Å². The summed E-state index contributed by atoms with van der Waals surface area (Å²) < 4.78 is 0. The van der Waals surface area contributed by atoms with E-state index in [1.54, 1.807) is 0 Å². The molecule has 1 saturated heterocycles. The van der Waals surface area contributed by atoms with E-state index >= 15 is 0 Å². The van der Waals surface area contributed by atoms with Crippen molar-refractivity contribution in [3.8, 4) is 0 Å². The van der Waals surface area contributed by atoms with Gasteiger partial charge in [0.25, 0.3) is 17.5 Å². The molecule has 29 heavy (non-hydrogen) atoms. The molecule has 150 valence electrons. The number of hydrogen-bond acceptors (Lipinski definition) is 6. The third-order valence-electron chi connectivity index (χ3n) is 5.64. The Morgan fingerprint density at radius 3 is 2.31 bits per heavy atom. The van der Waals surface area contributed by atoms with Crippen molar-refractivity contribution in [1.82, 2.24) is 14.7 Å². The lowest BCUT2D eigenvalue weighted by atomic mass is 10.1. The van der Waals surface area contributed by atoms with Crippen molar-refractivity contribution >= 4 is 17.5 Å². The van der Waals surface area contributed by atoms with Gasteiger partial charge in [0.2, 0.25) is 0 Å². The molecular weight excluding hydrogens is 372 g/mol. The first-order valence-electron chi connectivity index (χ1n) is 9.58. The number of piperazine rings is 1. The zero-order valence-corrected chi connectivity index (χ0v) is 16.2. The summed E-state index contributed by atoms with van der Waals surface area (Å²) >= 11 is 0. The minimum absolute atomic E-state index is 0.0966. The number of hydrogen-bond donors (Lipinski definition) is 0. The normalized spacial score (nSPS) is 17.6. The monoisotopic (exact) mass is 394 g/mol. The minimum Gasteiger partial charge on any atom is -0.297 e. The van der Waals surface area contributed by atoms with Crippen molar-refractivity contribution in [3.63, 3.8) is 0 Å². The Balaban J connectivity index is 1.39. The summed E-state index contributed by atoms with van der Waals surface area (Å²) in [5.41, 5.74) is 2.27. The number of nitro benzene ring substituents is 1. The number of carbonyl (C=O) groups excluding carboxylic acids is 2. The van der Waals surface area contributed by atoms with E-state index in [9.17, 15) is 19.7 Å². The van der Waals surface area contributed by atoms with E-state index in [1.807, 2.05) is 17.0 Å². The number of imide groups is 1. The van der Waals surface area contributed by atoms with E-state index in [1.165, 1.54) is 29.3 Å². The number of rotatable bonds is 5. The standard InChI is InChI=1S/C21H22N4O4/c1-15-5-2-3-6-16(15)13-22-9-11-23(12-10-22)14-24-20(26)17-7-4-8-18(25(28)29)19(17)21(24)27/h2-8H,9-14H2,1H3. The maximum Gasteiger partial charge on any atom is 0.282 e. The van der Waals surface area contributed by atoms with Gasteiger partial charge in [0.1, 0.15) is 5.56 Å². The van der Waals surface area contributed by atoms with Gasteiger partial charge in [0.15, 0.2) is 0 Å². The van der Waals surface area contributed by atoms with Crippen LogP contribution in [0.3, 0.4) is 0 Å². The molecule has 0 unspecified atom stereocenters. The number of amides is 2. The molecule has 2 aliphatic rings. The number of fused-ring (bicyclic) bond motifs is 1. The fourth-order valence-corrected chi connectivity index (χ4v) is 3.91. The van der Waals surface area contributed by atoms with E-state index < -0.39 is 16.7 Å². The van der Waals surface area contributed by atoms with E-state index in [4.69, 9.17) is 0 Å².